The molecule has 0 radical (unpaired) electrons. The second-order valence-corrected chi connectivity index (χ2v) is 3.74. The van der Waals surface area contributed by atoms with Crippen LogP contribution >= 0.6 is 0 Å². The van der Waals surface area contributed by atoms with Crippen LogP contribution < -0.4 is 5.84 Å². The van der Waals surface area contributed by atoms with Gasteiger partial charge in [0.15, 0.2) is 0 Å². The Morgan fingerprint density at radius 1 is 1.25 bits per heavy atom. The van der Waals surface area contributed by atoms with Crippen LogP contribution in [-0.2, 0) is 0 Å². The second kappa shape index (κ2) is 3.17. The van der Waals surface area contributed by atoms with Gasteiger partial charge in [-0.15, -0.1) is 0 Å². The van der Waals surface area contributed by atoms with E-state index in [1.165, 1.54) is 0 Å². The predicted molar refractivity (Wildman–Crippen MR) is 50.6 cm³/mol. The molecule has 68 valence electrons. The van der Waals surface area contributed by atoms with Crippen LogP contribution in [0.5, 0.6) is 0 Å². The number of rotatable bonds is 2. The SMILES string of the molecule is CC(C)c1cn(N)c(C(C)C)n1. The van der Waals surface area contributed by atoms with Gasteiger partial charge in [-0.05, 0) is 5.92 Å². The van der Waals surface area contributed by atoms with Gasteiger partial charge < -0.3 is 5.84 Å². The smallest absolute Gasteiger partial charge is 0.129 e. The van der Waals surface area contributed by atoms with Gasteiger partial charge in [-0.25, -0.2) is 4.98 Å². The van der Waals surface area contributed by atoms with Crippen LogP contribution in [0.15, 0.2) is 6.20 Å². The summed E-state index contributed by atoms with van der Waals surface area (Å²) in [5.41, 5.74) is 1.07. The van der Waals surface area contributed by atoms with Crippen molar-refractivity contribution in [3.05, 3.63) is 17.7 Å². The largest absolute Gasteiger partial charge is 0.338 e. The van der Waals surface area contributed by atoms with E-state index in [0.29, 0.717) is 11.8 Å². The van der Waals surface area contributed by atoms with Crippen LogP contribution in [-0.4, -0.2) is 9.66 Å². The molecule has 3 nitrogen and oxygen atoms in total. The van der Waals surface area contributed by atoms with Crippen molar-refractivity contribution in [1.29, 1.82) is 0 Å². The molecule has 2 N–H and O–H groups in total. The van der Waals surface area contributed by atoms with Crippen molar-refractivity contribution in [3.63, 3.8) is 0 Å². The zero-order chi connectivity index (χ0) is 9.30. The zero-order valence-corrected chi connectivity index (χ0v) is 8.20. The van der Waals surface area contributed by atoms with E-state index in [1.807, 2.05) is 6.20 Å². The van der Waals surface area contributed by atoms with Crippen molar-refractivity contribution in [3.8, 4) is 0 Å². The highest BCUT2D eigenvalue weighted by atomic mass is 15.3. The van der Waals surface area contributed by atoms with E-state index in [-0.39, 0.29) is 0 Å². The zero-order valence-electron chi connectivity index (χ0n) is 8.20. The van der Waals surface area contributed by atoms with Crippen molar-refractivity contribution >= 4 is 0 Å². The van der Waals surface area contributed by atoms with Gasteiger partial charge in [0, 0.05) is 12.1 Å². The van der Waals surface area contributed by atoms with Gasteiger partial charge in [-0.2, -0.15) is 0 Å². The van der Waals surface area contributed by atoms with Crippen LogP contribution in [0, 0.1) is 0 Å². The highest BCUT2D eigenvalue weighted by molar-refractivity contribution is 5.10. The summed E-state index contributed by atoms with van der Waals surface area (Å²) < 4.78 is 1.62. The van der Waals surface area contributed by atoms with Crippen LogP contribution in [0.3, 0.4) is 0 Å². The van der Waals surface area contributed by atoms with Crippen LogP contribution in [0.4, 0.5) is 0 Å². The maximum atomic E-state index is 5.73. The summed E-state index contributed by atoms with van der Waals surface area (Å²) in [4.78, 5) is 4.45. The number of nitrogens with zero attached hydrogens (tertiary/aromatic N) is 2. The fourth-order valence-electron chi connectivity index (χ4n) is 1.13. The predicted octanol–water partition coefficient (Wildman–Crippen LogP) is 1.84. The molecule has 12 heavy (non-hydrogen) atoms. The number of hydrogen-bond acceptors (Lipinski definition) is 2. The summed E-state index contributed by atoms with van der Waals surface area (Å²) in [6, 6.07) is 0. The van der Waals surface area contributed by atoms with Crippen molar-refractivity contribution < 1.29 is 0 Å². The summed E-state index contributed by atoms with van der Waals surface area (Å²) in [7, 11) is 0. The maximum absolute atomic E-state index is 5.73. The summed E-state index contributed by atoms with van der Waals surface area (Å²) in [6.07, 6.45) is 1.90. The molecule has 0 atom stereocenters. The Morgan fingerprint density at radius 3 is 2.08 bits per heavy atom. The minimum Gasteiger partial charge on any atom is -0.338 e. The first kappa shape index (κ1) is 9.10. The second-order valence-electron chi connectivity index (χ2n) is 3.74. The number of nitrogens with two attached hydrogens (primary N) is 1. The third-order valence-electron chi connectivity index (χ3n) is 1.89. The molecule has 3 heteroatoms. The fraction of sp³-hybridized carbons (Fsp3) is 0.667. The van der Waals surface area contributed by atoms with Crippen molar-refractivity contribution in [2.24, 2.45) is 0 Å². The lowest BCUT2D eigenvalue weighted by molar-refractivity contribution is 0.730. The lowest BCUT2D eigenvalue weighted by Gasteiger charge is -2.02. The Balaban J connectivity index is 3.00. The highest BCUT2D eigenvalue weighted by Crippen LogP contribution is 2.16. The van der Waals surface area contributed by atoms with E-state index < -0.39 is 0 Å². The van der Waals surface area contributed by atoms with Crippen LogP contribution in [0.2, 0.25) is 0 Å². The van der Waals surface area contributed by atoms with Crippen molar-refractivity contribution in [1.82, 2.24) is 9.66 Å². The molecule has 0 aromatic carbocycles. The summed E-state index contributed by atoms with van der Waals surface area (Å²) in [6.45, 7) is 8.42. The summed E-state index contributed by atoms with van der Waals surface area (Å²) >= 11 is 0. The first-order valence-electron chi connectivity index (χ1n) is 4.36. The van der Waals surface area contributed by atoms with E-state index in [9.17, 15) is 0 Å². The highest BCUT2D eigenvalue weighted by Gasteiger charge is 2.10. The normalized spacial score (nSPS) is 11.5. The Bertz CT molecular complexity index is 261. The number of hydrogen-bond donors (Lipinski definition) is 1. The number of imidazole rings is 1. The van der Waals surface area contributed by atoms with Crippen LogP contribution in [0.1, 0.15) is 51.0 Å². The first-order chi connectivity index (χ1) is 5.52. The Morgan fingerprint density at radius 2 is 1.83 bits per heavy atom. The molecule has 0 aliphatic carbocycles. The topological polar surface area (TPSA) is 43.8 Å². The lowest BCUT2D eigenvalue weighted by Crippen LogP contribution is -2.12. The van der Waals surface area contributed by atoms with Gasteiger partial charge in [0.1, 0.15) is 5.82 Å². The molecule has 0 fully saturated rings. The number of aromatic nitrogens is 2. The number of nitrogen functional groups attached to an aromatic ring is 1. The molecule has 0 spiro atoms. The lowest BCUT2D eigenvalue weighted by atomic mass is 10.1. The van der Waals surface area contributed by atoms with Gasteiger partial charge in [-0.1, -0.05) is 27.7 Å². The van der Waals surface area contributed by atoms with Gasteiger partial charge >= 0.3 is 0 Å². The molecular weight excluding hydrogens is 150 g/mol. The van der Waals surface area contributed by atoms with Gasteiger partial charge in [-0.3, -0.25) is 4.68 Å². The monoisotopic (exact) mass is 167 g/mol. The molecule has 1 heterocycles. The van der Waals surface area contributed by atoms with E-state index in [0.717, 1.165) is 11.5 Å². The van der Waals surface area contributed by atoms with Gasteiger partial charge in [0.05, 0.1) is 5.69 Å². The maximum Gasteiger partial charge on any atom is 0.129 e. The quantitative estimate of drug-likeness (QED) is 0.683. The standard InChI is InChI=1S/C9H17N3/c1-6(2)8-5-12(10)9(11-8)7(3)4/h5-7H,10H2,1-4H3. The van der Waals surface area contributed by atoms with Crippen LogP contribution in [0.25, 0.3) is 0 Å². The summed E-state index contributed by atoms with van der Waals surface area (Å²) in [5, 5.41) is 0. The average molecular weight is 167 g/mol. The molecule has 0 aliphatic heterocycles. The fourth-order valence-corrected chi connectivity index (χ4v) is 1.13. The molecule has 1 rings (SSSR count). The Kier molecular flexibility index (Phi) is 2.40. The molecule has 0 unspecified atom stereocenters. The van der Waals surface area contributed by atoms with E-state index in [2.05, 4.69) is 32.7 Å². The van der Waals surface area contributed by atoms with E-state index in [1.54, 1.807) is 4.68 Å². The Labute approximate surface area is 73.6 Å². The third-order valence-corrected chi connectivity index (χ3v) is 1.89. The molecule has 0 aliphatic rings. The molecule has 1 aromatic heterocycles. The van der Waals surface area contributed by atoms with Crippen molar-refractivity contribution in [2.75, 3.05) is 5.84 Å². The first-order valence-corrected chi connectivity index (χ1v) is 4.36. The average Bonchev–Trinajstić information content (AvgIpc) is 2.30. The molecule has 1 aromatic rings. The minimum atomic E-state index is 0.391. The van der Waals surface area contributed by atoms with Crippen molar-refractivity contribution in [2.45, 2.75) is 39.5 Å². The third kappa shape index (κ3) is 1.60. The Hall–Kier alpha value is -0.990. The molecular formula is C9H17N3. The van der Waals surface area contributed by atoms with E-state index >= 15 is 0 Å². The van der Waals surface area contributed by atoms with Gasteiger partial charge in [0.25, 0.3) is 0 Å². The summed E-state index contributed by atoms with van der Waals surface area (Å²) in [5.74, 6) is 7.53. The molecule has 0 saturated carbocycles. The molecule has 0 amide bonds. The van der Waals surface area contributed by atoms with E-state index in [4.69, 9.17) is 5.84 Å². The molecule has 0 bridgehead atoms. The minimum absolute atomic E-state index is 0.391. The molecule has 0 saturated heterocycles. The van der Waals surface area contributed by atoms with Gasteiger partial charge in [0.2, 0.25) is 0 Å².